The highest BCUT2D eigenvalue weighted by Crippen LogP contribution is 2.30. The first kappa shape index (κ1) is 20.3. The van der Waals surface area contributed by atoms with Crippen LogP contribution in [-0.2, 0) is 0 Å². The zero-order chi connectivity index (χ0) is 21.1. The second-order valence-electron chi connectivity index (χ2n) is 8.61. The normalized spacial score (nSPS) is 19.4. The standard InChI is InChI=1S/C24H30N6/c1-15(2)7-5-9-18-11-12-19(17(4)13-18)14-25-29-24-27-23-22(28-30-24)20-10-6-8-16(3)21(20)26-23/h6-8,10-11,14,17,19H,5,9,12-13H2,1-4H3,(H2,26,27,29,30)/b25-14+/t17-,19+/m1/s1. The summed E-state index contributed by atoms with van der Waals surface area (Å²) in [5, 5.41) is 14.0. The number of nitrogens with zero attached hydrogens (tertiary/aromatic N) is 4. The Labute approximate surface area is 177 Å². The topological polar surface area (TPSA) is 78.8 Å². The lowest BCUT2D eigenvalue weighted by Crippen LogP contribution is -2.18. The molecule has 2 atom stereocenters. The number of para-hydroxylation sites is 1. The molecule has 1 aromatic carbocycles. The van der Waals surface area contributed by atoms with Crippen molar-refractivity contribution in [3.05, 3.63) is 47.1 Å². The molecule has 3 aromatic rings. The lowest BCUT2D eigenvalue weighted by Gasteiger charge is -2.25. The van der Waals surface area contributed by atoms with Crippen LogP contribution >= 0.6 is 0 Å². The summed E-state index contributed by atoms with van der Waals surface area (Å²) in [6.07, 6.45) is 11.2. The van der Waals surface area contributed by atoms with E-state index in [-0.39, 0.29) is 0 Å². The number of H-pyrrole nitrogens is 1. The third kappa shape index (κ3) is 4.42. The van der Waals surface area contributed by atoms with Crippen molar-refractivity contribution in [1.29, 1.82) is 0 Å². The van der Waals surface area contributed by atoms with Gasteiger partial charge < -0.3 is 4.98 Å². The number of benzene rings is 1. The lowest BCUT2D eigenvalue weighted by molar-refractivity contribution is 0.431. The van der Waals surface area contributed by atoms with Gasteiger partial charge in [-0.15, -0.1) is 10.2 Å². The van der Waals surface area contributed by atoms with E-state index in [0.717, 1.165) is 41.3 Å². The zero-order valence-electron chi connectivity index (χ0n) is 18.2. The van der Waals surface area contributed by atoms with E-state index in [1.807, 2.05) is 18.3 Å². The van der Waals surface area contributed by atoms with Gasteiger partial charge in [-0.1, -0.05) is 48.4 Å². The van der Waals surface area contributed by atoms with Crippen molar-refractivity contribution in [2.45, 2.75) is 53.4 Å². The molecule has 0 fully saturated rings. The number of aryl methyl sites for hydroxylation is 1. The molecule has 30 heavy (non-hydrogen) atoms. The number of allylic oxidation sites excluding steroid dienone is 4. The lowest BCUT2D eigenvalue weighted by atomic mass is 9.80. The molecule has 0 aliphatic heterocycles. The first-order valence-corrected chi connectivity index (χ1v) is 10.7. The Morgan fingerprint density at radius 2 is 2.17 bits per heavy atom. The molecule has 2 aromatic heterocycles. The van der Waals surface area contributed by atoms with E-state index in [1.54, 1.807) is 5.57 Å². The highest BCUT2D eigenvalue weighted by Gasteiger charge is 2.20. The fraction of sp³-hybridized carbons (Fsp3) is 0.417. The molecule has 0 bridgehead atoms. The maximum absolute atomic E-state index is 4.54. The second-order valence-corrected chi connectivity index (χ2v) is 8.61. The van der Waals surface area contributed by atoms with Crippen LogP contribution in [0.3, 0.4) is 0 Å². The predicted octanol–water partition coefficient (Wildman–Crippen LogP) is 5.93. The summed E-state index contributed by atoms with van der Waals surface area (Å²) < 4.78 is 0. The van der Waals surface area contributed by atoms with Gasteiger partial charge in [0.25, 0.3) is 5.95 Å². The fourth-order valence-electron chi connectivity index (χ4n) is 4.12. The molecule has 0 radical (unpaired) electrons. The molecular formula is C24H30N6. The molecule has 0 unspecified atom stereocenters. The summed E-state index contributed by atoms with van der Waals surface area (Å²) >= 11 is 0. The molecular weight excluding hydrogens is 372 g/mol. The van der Waals surface area contributed by atoms with Crippen molar-refractivity contribution in [1.82, 2.24) is 20.2 Å². The molecule has 2 N–H and O–H groups in total. The Morgan fingerprint density at radius 1 is 1.30 bits per heavy atom. The largest absolute Gasteiger partial charge is 0.337 e. The van der Waals surface area contributed by atoms with E-state index in [0.29, 0.717) is 17.8 Å². The number of anilines is 1. The number of rotatable bonds is 6. The van der Waals surface area contributed by atoms with E-state index in [4.69, 9.17) is 0 Å². The van der Waals surface area contributed by atoms with Crippen LogP contribution in [0.15, 0.2) is 46.6 Å². The summed E-state index contributed by atoms with van der Waals surface area (Å²) in [5.41, 5.74) is 9.66. The van der Waals surface area contributed by atoms with Crippen LogP contribution in [0.4, 0.5) is 5.95 Å². The van der Waals surface area contributed by atoms with Crippen molar-refractivity contribution in [3.8, 4) is 0 Å². The summed E-state index contributed by atoms with van der Waals surface area (Å²) in [7, 11) is 0. The maximum atomic E-state index is 4.54. The monoisotopic (exact) mass is 402 g/mol. The van der Waals surface area contributed by atoms with Gasteiger partial charge in [0.2, 0.25) is 0 Å². The van der Waals surface area contributed by atoms with Gasteiger partial charge in [0.1, 0.15) is 5.52 Å². The number of nitrogens with one attached hydrogen (secondary N) is 2. The van der Waals surface area contributed by atoms with E-state index in [1.165, 1.54) is 17.6 Å². The molecule has 0 amide bonds. The van der Waals surface area contributed by atoms with Crippen LogP contribution in [-0.4, -0.2) is 26.4 Å². The Hall–Kier alpha value is -3.02. The average molecular weight is 403 g/mol. The molecule has 0 saturated heterocycles. The number of fused-ring (bicyclic) bond motifs is 3. The van der Waals surface area contributed by atoms with Crippen LogP contribution in [0.2, 0.25) is 0 Å². The third-order valence-electron chi connectivity index (χ3n) is 5.90. The minimum atomic E-state index is 0.407. The van der Waals surface area contributed by atoms with Gasteiger partial charge in [-0.05, 0) is 57.9 Å². The average Bonchev–Trinajstić information content (AvgIpc) is 3.09. The van der Waals surface area contributed by atoms with Crippen LogP contribution in [0, 0.1) is 18.8 Å². The summed E-state index contributed by atoms with van der Waals surface area (Å²) in [5.74, 6) is 1.42. The summed E-state index contributed by atoms with van der Waals surface area (Å²) in [6, 6.07) is 6.13. The van der Waals surface area contributed by atoms with Crippen molar-refractivity contribution < 1.29 is 0 Å². The highest BCUT2D eigenvalue weighted by molar-refractivity contribution is 6.04. The number of aromatic amines is 1. The van der Waals surface area contributed by atoms with Crippen LogP contribution in [0.5, 0.6) is 0 Å². The fourth-order valence-corrected chi connectivity index (χ4v) is 4.12. The van der Waals surface area contributed by atoms with Crippen LogP contribution in [0.1, 0.15) is 52.0 Å². The molecule has 0 spiro atoms. The van der Waals surface area contributed by atoms with Crippen molar-refractivity contribution in [2.24, 2.45) is 16.9 Å². The van der Waals surface area contributed by atoms with Crippen LogP contribution in [0.25, 0.3) is 22.1 Å². The number of hydrogen-bond acceptors (Lipinski definition) is 5. The van der Waals surface area contributed by atoms with Gasteiger partial charge in [0.15, 0.2) is 5.65 Å². The minimum Gasteiger partial charge on any atom is -0.337 e. The Morgan fingerprint density at radius 3 is 2.97 bits per heavy atom. The molecule has 6 nitrogen and oxygen atoms in total. The smallest absolute Gasteiger partial charge is 0.265 e. The zero-order valence-corrected chi connectivity index (χ0v) is 18.2. The summed E-state index contributed by atoms with van der Waals surface area (Å²) in [4.78, 5) is 7.89. The Kier molecular flexibility index (Phi) is 5.93. The van der Waals surface area contributed by atoms with Crippen molar-refractivity contribution >= 4 is 34.2 Å². The molecule has 4 rings (SSSR count). The van der Waals surface area contributed by atoms with Crippen LogP contribution < -0.4 is 5.43 Å². The van der Waals surface area contributed by atoms with Gasteiger partial charge in [-0.25, -0.2) is 5.43 Å². The van der Waals surface area contributed by atoms with Gasteiger partial charge in [0, 0.05) is 17.5 Å². The number of aromatic nitrogens is 4. The Balaban J connectivity index is 1.40. The van der Waals surface area contributed by atoms with Crippen molar-refractivity contribution in [3.63, 3.8) is 0 Å². The van der Waals surface area contributed by atoms with E-state index in [9.17, 15) is 0 Å². The minimum absolute atomic E-state index is 0.407. The third-order valence-corrected chi connectivity index (χ3v) is 5.90. The highest BCUT2D eigenvalue weighted by atomic mass is 15.4. The van der Waals surface area contributed by atoms with Gasteiger partial charge >= 0.3 is 0 Å². The predicted molar refractivity (Wildman–Crippen MR) is 125 cm³/mol. The molecule has 2 heterocycles. The van der Waals surface area contributed by atoms with E-state index in [2.05, 4.69) is 76.6 Å². The van der Waals surface area contributed by atoms with Crippen molar-refractivity contribution in [2.75, 3.05) is 5.43 Å². The molecule has 156 valence electrons. The molecule has 6 heteroatoms. The number of hydrazone groups is 1. The first-order chi connectivity index (χ1) is 14.5. The maximum Gasteiger partial charge on any atom is 0.265 e. The molecule has 1 aliphatic carbocycles. The second kappa shape index (κ2) is 8.78. The van der Waals surface area contributed by atoms with Gasteiger partial charge in [0.05, 0.1) is 5.52 Å². The molecule has 1 aliphatic rings. The molecule has 0 saturated carbocycles. The van der Waals surface area contributed by atoms with Gasteiger partial charge in [-0.3, -0.25) is 0 Å². The Bertz CT molecular complexity index is 1130. The number of hydrogen-bond donors (Lipinski definition) is 2. The summed E-state index contributed by atoms with van der Waals surface area (Å²) in [6.45, 7) is 8.70. The van der Waals surface area contributed by atoms with Gasteiger partial charge in [-0.2, -0.15) is 10.1 Å². The first-order valence-electron chi connectivity index (χ1n) is 10.7. The SMILES string of the molecule is CC(C)=CCCC1=CC[C@@H](/C=N/Nc2nnc3c(n2)[nH]c2c(C)cccc23)[C@H](C)C1. The quantitative estimate of drug-likeness (QED) is 0.304. The van der Waals surface area contributed by atoms with E-state index >= 15 is 0 Å². The van der Waals surface area contributed by atoms with E-state index < -0.39 is 0 Å².